The van der Waals surface area contributed by atoms with Gasteiger partial charge in [-0.15, -0.1) is 0 Å². The highest BCUT2D eigenvalue weighted by Gasteiger charge is 2.35. The van der Waals surface area contributed by atoms with Crippen LogP contribution in [0, 0.1) is 5.92 Å². The van der Waals surface area contributed by atoms with Crippen molar-refractivity contribution in [1.82, 2.24) is 14.9 Å². The van der Waals surface area contributed by atoms with Gasteiger partial charge >= 0.3 is 0 Å². The fourth-order valence-electron chi connectivity index (χ4n) is 3.67. The number of carbonyl (C=O) groups is 2. The fourth-order valence-corrected chi connectivity index (χ4v) is 3.80. The summed E-state index contributed by atoms with van der Waals surface area (Å²) < 4.78 is 2.06. The van der Waals surface area contributed by atoms with E-state index in [1.165, 1.54) is 0 Å². The van der Waals surface area contributed by atoms with Crippen LogP contribution in [0.4, 0.5) is 5.95 Å². The van der Waals surface area contributed by atoms with Crippen LogP contribution in [0.5, 0.6) is 0 Å². The zero-order valence-electron chi connectivity index (χ0n) is 16.4. The average Bonchev–Trinajstić information content (AvgIpc) is 3.30. The van der Waals surface area contributed by atoms with Crippen LogP contribution in [0.1, 0.15) is 30.6 Å². The Bertz CT molecular complexity index is 1060. The number of anilines is 1. The molecule has 29 heavy (non-hydrogen) atoms. The Kier molecular flexibility index (Phi) is 5.28. The number of aromatic nitrogens is 2. The molecule has 0 spiro atoms. The number of para-hydroxylation sites is 2. The molecule has 7 heteroatoms. The quantitative estimate of drug-likeness (QED) is 0.694. The number of nitrogens with one attached hydrogen (secondary N) is 1. The normalized spacial score (nSPS) is 15.2. The molecule has 0 fully saturated rings. The summed E-state index contributed by atoms with van der Waals surface area (Å²) in [6, 6.07) is 13.9. The topological polar surface area (TPSA) is 67.2 Å². The predicted octanol–water partition coefficient (Wildman–Crippen LogP) is 3.88. The first-order chi connectivity index (χ1) is 14.0. The molecule has 2 unspecified atom stereocenters. The van der Waals surface area contributed by atoms with Crippen LogP contribution in [0.25, 0.3) is 11.0 Å². The van der Waals surface area contributed by atoms with E-state index in [0.29, 0.717) is 29.6 Å². The first kappa shape index (κ1) is 19.5. The first-order valence-corrected chi connectivity index (χ1v) is 10.2. The molecule has 3 aromatic rings. The van der Waals surface area contributed by atoms with Crippen molar-refractivity contribution in [3.8, 4) is 0 Å². The number of benzene rings is 2. The average molecular weight is 411 g/mol. The van der Waals surface area contributed by atoms with E-state index in [4.69, 9.17) is 11.6 Å². The SMILES string of the molecule is CCC(C)C(NC(=O)c1ccc(Cl)cc1)C(=O)N1CCn2c1nc1ccccc12. The van der Waals surface area contributed by atoms with Crippen LogP contribution in [0.3, 0.4) is 0 Å². The predicted molar refractivity (Wildman–Crippen MR) is 114 cm³/mol. The van der Waals surface area contributed by atoms with Crippen molar-refractivity contribution in [2.75, 3.05) is 11.4 Å². The Hall–Kier alpha value is -2.86. The molecule has 0 aliphatic carbocycles. The maximum atomic E-state index is 13.4. The molecule has 2 atom stereocenters. The second-order valence-electron chi connectivity index (χ2n) is 7.39. The van der Waals surface area contributed by atoms with Crippen LogP contribution in [0.15, 0.2) is 48.5 Å². The van der Waals surface area contributed by atoms with Crippen LogP contribution in [-0.4, -0.2) is 34.0 Å². The van der Waals surface area contributed by atoms with Gasteiger partial charge < -0.3 is 9.88 Å². The van der Waals surface area contributed by atoms with Gasteiger partial charge in [-0.25, -0.2) is 4.98 Å². The number of rotatable bonds is 5. The molecule has 0 saturated carbocycles. The highest BCUT2D eigenvalue weighted by atomic mass is 35.5. The summed E-state index contributed by atoms with van der Waals surface area (Å²) in [5, 5.41) is 3.50. The van der Waals surface area contributed by atoms with E-state index < -0.39 is 6.04 Å². The minimum atomic E-state index is -0.630. The Morgan fingerprint density at radius 3 is 2.59 bits per heavy atom. The van der Waals surface area contributed by atoms with Crippen molar-refractivity contribution in [2.45, 2.75) is 32.9 Å². The van der Waals surface area contributed by atoms with Gasteiger partial charge in [0.15, 0.2) is 0 Å². The molecule has 1 aromatic heterocycles. The highest BCUT2D eigenvalue weighted by molar-refractivity contribution is 6.30. The van der Waals surface area contributed by atoms with E-state index in [9.17, 15) is 9.59 Å². The lowest BCUT2D eigenvalue weighted by atomic mass is 9.97. The van der Waals surface area contributed by atoms with Crippen LogP contribution in [0.2, 0.25) is 5.02 Å². The number of hydrogen-bond donors (Lipinski definition) is 1. The summed E-state index contributed by atoms with van der Waals surface area (Å²) in [5.41, 5.74) is 2.36. The van der Waals surface area contributed by atoms with Crippen molar-refractivity contribution in [3.05, 3.63) is 59.1 Å². The summed E-state index contributed by atoms with van der Waals surface area (Å²) in [4.78, 5) is 32.5. The van der Waals surface area contributed by atoms with Gasteiger partial charge in [-0.2, -0.15) is 0 Å². The molecule has 4 rings (SSSR count). The Morgan fingerprint density at radius 1 is 1.14 bits per heavy atom. The van der Waals surface area contributed by atoms with E-state index in [2.05, 4.69) is 14.9 Å². The fraction of sp³-hybridized carbons (Fsp3) is 0.318. The minimum absolute atomic E-state index is 0.0165. The molecule has 2 heterocycles. The monoisotopic (exact) mass is 410 g/mol. The molecular weight excluding hydrogens is 388 g/mol. The van der Waals surface area contributed by atoms with Crippen molar-refractivity contribution < 1.29 is 9.59 Å². The summed E-state index contributed by atoms with van der Waals surface area (Å²) in [5.74, 6) is 0.214. The van der Waals surface area contributed by atoms with E-state index in [0.717, 1.165) is 17.5 Å². The molecule has 2 amide bonds. The second-order valence-corrected chi connectivity index (χ2v) is 7.82. The first-order valence-electron chi connectivity index (χ1n) is 9.82. The summed E-state index contributed by atoms with van der Waals surface area (Å²) in [6.45, 7) is 5.23. The lowest BCUT2D eigenvalue weighted by molar-refractivity contribution is -0.121. The van der Waals surface area contributed by atoms with Crippen molar-refractivity contribution >= 4 is 40.4 Å². The molecule has 0 bridgehead atoms. The van der Waals surface area contributed by atoms with Gasteiger partial charge in [-0.05, 0) is 42.3 Å². The third kappa shape index (κ3) is 3.60. The van der Waals surface area contributed by atoms with Crippen LogP contribution < -0.4 is 10.2 Å². The minimum Gasteiger partial charge on any atom is -0.340 e. The number of halogens is 1. The second kappa shape index (κ2) is 7.87. The standard InChI is InChI=1S/C22H23ClN4O2/c1-3-14(2)19(25-20(28)15-8-10-16(23)11-9-15)21(29)27-13-12-26-18-7-5-4-6-17(18)24-22(26)27/h4-11,14,19H,3,12-13H2,1-2H3,(H,25,28). The molecular formula is C22H23ClN4O2. The largest absolute Gasteiger partial charge is 0.340 e. The van der Waals surface area contributed by atoms with Gasteiger partial charge in [-0.3, -0.25) is 14.5 Å². The van der Waals surface area contributed by atoms with E-state index in [-0.39, 0.29) is 17.7 Å². The lowest BCUT2D eigenvalue weighted by Crippen LogP contribution is -2.51. The summed E-state index contributed by atoms with van der Waals surface area (Å²) >= 11 is 5.91. The number of amides is 2. The molecule has 1 N–H and O–H groups in total. The zero-order valence-corrected chi connectivity index (χ0v) is 17.2. The highest BCUT2D eigenvalue weighted by Crippen LogP contribution is 2.28. The van der Waals surface area contributed by atoms with Gasteiger partial charge in [0.1, 0.15) is 6.04 Å². The third-order valence-electron chi connectivity index (χ3n) is 5.56. The number of nitrogens with zero attached hydrogens (tertiary/aromatic N) is 3. The maximum Gasteiger partial charge on any atom is 0.252 e. The number of carbonyl (C=O) groups excluding carboxylic acids is 2. The molecule has 2 aromatic carbocycles. The molecule has 6 nitrogen and oxygen atoms in total. The smallest absolute Gasteiger partial charge is 0.252 e. The molecule has 150 valence electrons. The Morgan fingerprint density at radius 2 is 1.86 bits per heavy atom. The maximum absolute atomic E-state index is 13.4. The van der Waals surface area contributed by atoms with Gasteiger partial charge in [0.25, 0.3) is 11.8 Å². The number of fused-ring (bicyclic) bond motifs is 3. The van der Waals surface area contributed by atoms with E-state index in [1.807, 2.05) is 38.1 Å². The van der Waals surface area contributed by atoms with Gasteiger partial charge in [-0.1, -0.05) is 44.0 Å². The Balaban J connectivity index is 1.60. The molecule has 1 aliphatic heterocycles. The summed E-state index contributed by atoms with van der Waals surface area (Å²) in [6.07, 6.45) is 0.765. The lowest BCUT2D eigenvalue weighted by Gasteiger charge is -2.27. The van der Waals surface area contributed by atoms with Crippen LogP contribution >= 0.6 is 11.6 Å². The summed E-state index contributed by atoms with van der Waals surface area (Å²) in [7, 11) is 0. The molecule has 0 saturated heterocycles. The van der Waals surface area contributed by atoms with Gasteiger partial charge in [0, 0.05) is 23.7 Å². The van der Waals surface area contributed by atoms with Crippen molar-refractivity contribution in [1.29, 1.82) is 0 Å². The van der Waals surface area contributed by atoms with Crippen molar-refractivity contribution in [2.24, 2.45) is 5.92 Å². The third-order valence-corrected chi connectivity index (χ3v) is 5.81. The van der Waals surface area contributed by atoms with Crippen LogP contribution in [-0.2, 0) is 11.3 Å². The van der Waals surface area contributed by atoms with Gasteiger partial charge in [0.2, 0.25) is 5.95 Å². The van der Waals surface area contributed by atoms with E-state index >= 15 is 0 Å². The molecule has 1 aliphatic rings. The zero-order chi connectivity index (χ0) is 20.5. The Labute approximate surface area is 174 Å². The molecule has 0 radical (unpaired) electrons. The number of imidazole rings is 1. The van der Waals surface area contributed by atoms with Crippen molar-refractivity contribution in [3.63, 3.8) is 0 Å². The number of hydrogen-bond acceptors (Lipinski definition) is 3. The van der Waals surface area contributed by atoms with Gasteiger partial charge in [0.05, 0.1) is 11.0 Å². The van der Waals surface area contributed by atoms with E-state index in [1.54, 1.807) is 29.2 Å².